The van der Waals surface area contributed by atoms with Gasteiger partial charge in [-0.2, -0.15) is 0 Å². The Morgan fingerprint density at radius 2 is 1.89 bits per heavy atom. The first-order chi connectivity index (χ1) is 13.0. The average Bonchev–Trinajstić information content (AvgIpc) is 3.10. The van der Waals surface area contributed by atoms with Crippen LogP contribution in [0.25, 0.3) is 0 Å². The number of thioether (sulfide) groups is 1. The Labute approximate surface area is 164 Å². The molecule has 3 rings (SSSR count). The molecule has 27 heavy (non-hydrogen) atoms. The molecule has 2 N–H and O–H groups in total. The molecule has 1 aromatic heterocycles. The van der Waals surface area contributed by atoms with Crippen LogP contribution in [0.3, 0.4) is 0 Å². The van der Waals surface area contributed by atoms with Gasteiger partial charge in [0.05, 0.1) is 11.4 Å². The van der Waals surface area contributed by atoms with Crippen LogP contribution < -0.4 is 15.5 Å². The first-order valence-electron chi connectivity index (χ1n) is 8.06. The Morgan fingerprint density at radius 3 is 2.59 bits per heavy atom. The number of anilines is 4. The Bertz CT molecular complexity index is 914. The summed E-state index contributed by atoms with van der Waals surface area (Å²) in [5.41, 5.74) is 2.14. The minimum Gasteiger partial charge on any atom is -0.378 e. The van der Waals surface area contributed by atoms with Crippen molar-refractivity contribution in [2.24, 2.45) is 0 Å². The molecule has 0 unspecified atom stereocenters. The van der Waals surface area contributed by atoms with Gasteiger partial charge in [0, 0.05) is 25.5 Å². The zero-order valence-corrected chi connectivity index (χ0v) is 16.4. The number of carbonyl (C=O) groups is 1. The SMILES string of the molecule is CN(C)c1ccc(NC(=O)CSc2nnc(Nc3ccccc3F)s2)cc1. The molecule has 0 atom stereocenters. The molecule has 3 aromatic rings. The molecule has 0 fully saturated rings. The summed E-state index contributed by atoms with van der Waals surface area (Å²) in [5.74, 6) is -0.276. The fraction of sp³-hybridized carbons (Fsp3) is 0.167. The highest BCUT2D eigenvalue weighted by Crippen LogP contribution is 2.28. The number of hydrogen-bond donors (Lipinski definition) is 2. The van der Waals surface area contributed by atoms with E-state index in [1.807, 2.05) is 43.3 Å². The van der Waals surface area contributed by atoms with Crippen molar-refractivity contribution in [1.82, 2.24) is 10.2 Å². The number of hydrogen-bond acceptors (Lipinski definition) is 7. The zero-order chi connectivity index (χ0) is 19.2. The van der Waals surface area contributed by atoms with Crippen LogP contribution >= 0.6 is 23.1 Å². The minimum atomic E-state index is -0.360. The lowest BCUT2D eigenvalue weighted by molar-refractivity contribution is -0.113. The standard InChI is InChI=1S/C18H18FN5OS2/c1-24(2)13-9-7-12(8-10-13)20-16(25)11-26-18-23-22-17(27-18)21-15-6-4-3-5-14(15)19/h3-10H,11H2,1-2H3,(H,20,25)(H,21,22). The van der Waals surface area contributed by atoms with Gasteiger partial charge < -0.3 is 15.5 Å². The average molecular weight is 404 g/mol. The molecule has 9 heteroatoms. The van der Waals surface area contributed by atoms with Gasteiger partial charge in [-0.15, -0.1) is 10.2 Å². The van der Waals surface area contributed by atoms with Crippen molar-refractivity contribution in [3.05, 3.63) is 54.3 Å². The molecule has 0 spiro atoms. The third kappa shape index (κ3) is 5.41. The monoisotopic (exact) mass is 403 g/mol. The number of para-hydroxylation sites is 1. The van der Waals surface area contributed by atoms with Gasteiger partial charge in [-0.3, -0.25) is 4.79 Å². The van der Waals surface area contributed by atoms with Gasteiger partial charge in [0.15, 0.2) is 4.34 Å². The van der Waals surface area contributed by atoms with Crippen molar-refractivity contribution in [3.8, 4) is 0 Å². The highest BCUT2D eigenvalue weighted by atomic mass is 32.2. The summed E-state index contributed by atoms with van der Waals surface area (Å²) in [5, 5.41) is 14.2. The smallest absolute Gasteiger partial charge is 0.234 e. The number of nitrogens with one attached hydrogen (secondary N) is 2. The maximum atomic E-state index is 13.6. The second-order valence-corrected chi connectivity index (χ2v) is 7.96. The van der Waals surface area contributed by atoms with Gasteiger partial charge in [0.2, 0.25) is 11.0 Å². The Hall–Kier alpha value is -2.65. The molecule has 0 saturated heterocycles. The van der Waals surface area contributed by atoms with Gasteiger partial charge in [0.1, 0.15) is 5.82 Å². The Kier molecular flexibility index (Phi) is 6.25. The normalized spacial score (nSPS) is 10.5. The van der Waals surface area contributed by atoms with Gasteiger partial charge in [0.25, 0.3) is 0 Å². The predicted octanol–water partition coefficient (Wildman–Crippen LogP) is 4.22. The molecule has 1 heterocycles. The number of carbonyl (C=O) groups excluding carboxylic acids is 1. The number of halogens is 1. The fourth-order valence-electron chi connectivity index (χ4n) is 2.16. The van der Waals surface area contributed by atoms with E-state index in [9.17, 15) is 9.18 Å². The third-order valence-electron chi connectivity index (χ3n) is 3.52. The van der Waals surface area contributed by atoms with Crippen LogP contribution in [0.5, 0.6) is 0 Å². The van der Waals surface area contributed by atoms with Gasteiger partial charge >= 0.3 is 0 Å². The first kappa shape index (κ1) is 19.1. The lowest BCUT2D eigenvalue weighted by Gasteiger charge is -2.12. The maximum absolute atomic E-state index is 13.6. The molecule has 140 valence electrons. The maximum Gasteiger partial charge on any atom is 0.234 e. The lowest BCUT2D eigenvalue weighted by atomic mass is 10.2. The number of benzene rings is 2. The van der Waals surface area contributed by atoms with Crippen molar-refractivity contribution in [1.29, 1.82) is 0 Å². The summed E-state index contributed by atoms with van der Waals surface area (Å²) in [6.45, 7) is 0. The largest absolute Gasteiger partial charge is 0.378 e. The molecule has 0 radical (unpaired) electrons. The summed E-state index contributed by atoms with van der Waals surface area (Å²) < 4.78 is 14.3. The van der Waals surface area contributed by atoms with E-state index in [2.05, 4.69) is 20.8 Å². The molecule has 0 aliphatic carbocycles. The van der Waals surface area contributed by atoms with E-state index in [1.54, 1.807) is 18.2 Å². The zero-order valence-electron chi connectivity index (χ0n) is 14.8. The molecular weight excluding hydrogens is 385 g/mol. The van der Waals surface area contributed by atoms with Crippen LogP contribution in [-0.4, -0.2) is 36.0 Å². The summed E-state index contributed by atoms with van der Waals surface area (Å²) in [4.78, 5) is 14.1. The predicted molar refractivity (Wildman–Crippen MR) is 110 cm³/mol. The Morgan fingerprint density at radius 1 is 1.15 bits per heavy atom. The second kappa shape index (κ2) is 8.83. The topological polar surface area (TPSA) is 70.2 Å². The van der Waals surface area contributed by atoms with E-state index in [-0.39, 0.29) is 17.5 Å². The molecule has 0 aliphatic rings. The van der Waals surface area contributed by atoms with Crippen molar-refractivity contribution < 1.29 is 9.18 Å². The van der Waals surface area contributed by atoms with Crippen LogP contribution in [0, 0.1) is 5.82 Å². The lowest BCUT2D eigenvalue weighted by Crippen LogP contribution is -2.14. The van der Waals surface area contributed by atoms with Crippen LogP contribution in [0.2, 0.25) is 0 Å². The summed E-state index contributed by atoms with van der Waals surface area (Å²) in [6, 6.07) is 13.9. The van der Waals surface area contributed by atoms with Gasteiger partial charge in [-0.25, -0.2) is 4.39 Å². The van der Waals surface area contributed by atoms with E-state index in [0.717, 1.165) is 11.4 Å². The van der Waals surface area contributed by atoms with E-state index in [0.29, 0.717) is 15.2 Å². The molecule has 1 amide bonds. The minimum absolute atomic E-state index is 0.128. The third-order valence-corrected chi connectivity index (χ3v) is 5.49. The highest BCUT2D eigenvalue weighted by molar-refractivity contribution is 8.01. The molecular formula is C18H18FN5OS2. The van der Waals surface area contributed by atoms with Crippen LogP contribution in [0.15, 0.2) is 52.9 Å². The van der Waals surface area contributed by atoms with E-state index in [1.165, 1.54) is 29.2 Å². The van der Waals surface area contributed by atoms with E-state index in [4.69, 9.17) is 0 Å². The van der Waals surface area contributed by atoms with E-state index < -0.39 is 0 Å². The van der Waals surface area contributed by atoms with Gasteiger partial charge in [-0.1, -0.05) is 35.2 Å². The van der Waals surface area contributed by atoms with E-state index >= 15 is 0 Å². The second-order valence-electron chi connectivity index (χ2n) is 5.76. The fourth-order valence-corrected chi connectivity index (χ4v) is 3.73. The number of aromatic nitrogens is 2. The molecule has 0 saturated carbocycles. The number of amides is 1. The van der Waals surface area contributed by atoms with Crippen molar-refractivity contribution in [2.75, 3.05) is 35.4 Å². The molecule has 2 aromatic carbocycles. The Balaban J connectivity index is 1.50. The van der Waals surface area contributed by atoms with Crippen LogP contribution in [0.1, 0.15) is 0 Å². The summed E-state index contributed by atoms with van der Waals surface area (Å²) >= 11 is 2.55. The first-order valence-corrected chi connectivity index (χ1v) is 9.86. The van der Waals surface area contributed by atoms with Crippen LogP contribution in [0.4, 0.5) is 26.6 Å². The highest BCUT2D eigenvalue weighted by Gasteiger charge is 2.10. The van der Waals surface area contributed by atoms with Crippen molar-refractivity contribution >= 4 is 51.2 Å². The quantitative estimate of drug-likeness (QED) is 0.576. The summed E-state index contributed by atoms with van der Waals surface area (Å²) in [6.07, 6.45) is 0. The number of rotatable bonds is 7. The summed E-state index contributed by atoms with van der Waals surface area (Å²) in [7, 11) is 3.92. The van der Waals surface area contributed by atoms with Crippen LogP contribution in [-0.2, 0) is 4.79 Å². The molecule has 6 nitrogen and oxygen atoms in total. The molecule has 0 aliphatic heterocycles. The molecule has 0 bridgehead atoms. The number of nitrogens with zero attached hydrogens (tertiary/aromatic N) is 3. The van der Waals surface area contributed by atoms with Crippen molar-refractivity contribution in [3.63, 3.8) is 0 Å². The van der Waals surface area contributed by atoms with Gasteiger partial charge in [-0.05, 0) is 36.4 Å². The van der Waals surface area contributed by atoms with Crippen molar-refractivity contribution in [2.45, 2.75) is 4.34 Å².